The van der Waals surface area contributed by atoms with Crippen LogP contribution in [0.25, 0.3) is 0 Å². The summed E-state index contributed by atoms with van der Waals surface area (Å²) in [5.74, 6) is 0.177. The number of azo groups is 1. The van der Waals surface area contributed by atoms with Gasteiger partial charge < -0.3 is 19.8 Å². The predicted octanol–water partition coefficient (Wildman–Crippen LogP) is 2.81. The van der Waals surface area contributed by atoms with Gasteiger partial charge in [-0.25, -0.2) is 0 Å². The molecule has 2 aromatic rings. The summed E-state index contributed by atoms with van der Waals surface area (Å²) in [6, 6.07) is 11.2. The topological polar surface area (TPSA) is 121 Å². The molecule has 138 valence electrons. The highest BCUT2D eigenvalue weighted by atomic mass is 16.6. The molecular formula is C17H20N4O5. The first kappa shape index (κ1) is 19.3. The Bertz CT molecular complexity index is 764. The van der Waals surface area contributed by atoms with Crippen molar-refractivity contribution in [1.82, 2.24) is 0 Å². The van der Waals surface area contributed by atoms with Gasteiger partial charge in [-0.15, -0.1) is 5.11 Å². The smallest absolute Gasteiger partial charge is 0.273 e. The number of nitrogens with zero attached hydrogens (tertiary/aromatic N) is 4. The Morgan fingerprint density at radius 3 is 2.46 bits per heavy atom. The summed E-state index contributed by atoms with van der Waals surface area (Å²) >= 11 is 0. The summed E-state index contributed by atoms with van der Waals surface area (Å²) in [5.41, 5.74) is 1.72. The Labute approximate surface area is 150 Å². The largest absolute Gasteiger partial charge is 0.489 e. The number of hydrogen-bond acceptors (Lipinski definition) is 8. The number of benzene rings is 2. The molecule has 9 nitrogen and oxygen atoms in total. The Morgan fingerprint density at radius 1 is 1.12 bits per heavy atom. The molecule has 0 atom stereocenters. The van der Waals surface area contributed by atoms with Gasteiger partial charge >= 0.3 is 0 Å². The molecule has 0 aliphatic rings. The predicted molar refractivity (Wildman–Crippen MR) is 96.7 cm³/mol. The fraction of sp³-hybridized carbons (Fsp3) is 0.294. The lowest BCUT2D eigenvalue weighted by Gasteiger charge is -2.17. The number of aliphatic hydroxyl groups is 2. The molecule has 0 aromatic heterocycles. The van der Waals surface area contributed by atoms with Crippen LogP contribution in [0.3, 0.4) is 0 Å². The molecule has 0 saturated carbocycles. The number of aliphatic hydroxyl groups excluding tert-OH is 2. The summed E-state index contributed by atoms with van der Waals surface area (Å²) in [5, 5.41) is 36.9. The number of likely N-dealkylation sites (N-methyl/N-ethyl adjacent to an activating group) is 1. The lowest BCUT2D eigenvalue weighted by molar-refractivity contribution is -0.384. The number of ether oxygens (including phenoxy) is 1. The summed E-state index contributed by atoms with van der Waals surface area (Å²) in [4.78, 5) is 12.2. The van der Waals surface area contributed by atoms with Crippen LogP contribution in [0.5, 0.6) is 5.75 Å². The van der Waals surface area contributed by atoms with Crippen LogP contribution in [-0.4, -0.2) is 48.5 Å². The lowest BCUT2D eigenvalue weighted by atomic mass is 10.2. The summed E-state index contributed by atoms with van der Waals surface area (Å²) in [6.45, 7) is 0.363. The number of anilines is 1. The van der Waals surface area contributed by atoms with Gasteiger partial charge in [-0.05, 0) is 30.3 Å². The summed E-state index contributed by atoms with van der Waals surface area (Å²) in [6.07, 6.45) is 0. The van der Waals surface area contributed by atoms with Crippen molar-refractivity contribution in [3.63, 3.8) is 0 Å². The normalized spacial score (nSPS) is 10.9. The van der Waals surface area contributed by atoms with Gasteiger partial charge in [0.05, 0.1) is 29.9 Å². The maximum Gasteiger partial charge on any atom is 0.273 e. The van der Waals surface area contributed by atoms with Crippen molar-refractivity contribution in [2.24, 2.45) is 10.2 Å². The first-order valence-electron chi connectivity index (χ1n) is 7.91. The van der Waals surface area contributed by atoms with E-state index in [9.17, 15) is 10.1 Å². The van der Waals surface area contributed by atoms with Crippen LogP contribution in [0.1, 0.15) is 0 Å². The zero-order chi connectivity index (χ0) is 18.9. The van der Waals surface area contributed by atoms with Crippen LogP contribution in [0.2, 0.25) is 0 Å². The van der Waals surface area contributed by atoms with Crippen LogP contribution in [0, 0.1) is 10.1 Å². The molecule has 0 aliphatic carbocycles. The summed E-state index contributed by atoms with van der Waals surface area (Å²) < 4.78 is 5.30. The van der Waals surface area contributed by atoms with E-state index in [0.29, 0.717) is 17.9 Å². The van der Waals surface area contributed by atoms with Crippen molar-refractivity contribution in [3.8, 4) is 5.75 Å². The van der Waals surface area contributed by atoms with E-state index in [1.54, 1.807) is 12.1 Å². The number of non-ortho nitro benzene ring substituents is 1. The fourth-order valence-corrected chi connectivity index (χ4v) is 2.13. The zero-order valence-corrected chi connectivity index (χ0v) is 14.3. The molecule has 9 heteroatoms. The average Bonchev–Trinajstić information content (AvgIpc) is 2.65. The van der Waals surface area contributed by atoms with E-state index in [1.807, 2.05) is 24.1 Å². The third-order valence-corrected chi connectivity index (χ3v) is 3.50. The minimum atomic E-state index is -0.533. The number of nitro groups is 1. The molecule has 0 amide bonds. The van der Waals surface area contributed by atoms with E-state index in [-0.39, 0.29) is 31.3 Å². The van der Waals surface area contributed by atoms with Crippen molar-refractivity contribution in [2.75, 3.05) is 38.3 Å². The minimum absolute atomic E-state index is 0.00439. The monoisotopic (exact) mass is 360 g/mol. The zero-order valence-electron chi connectivity index (χ0n) is 14.3. The van der Waals surface area contributed by atoms with Crippen LogP contribution in [0.15, 0.2) is 52.7 Å². The quantitative estimate of drug-likeness (QED) is 0.403. The van der Waals surface area contributed by atoms with Gasteiger partial charge in [-0.1, -0.05) is 0 Å². The number of hydrogen-bond donors (Lipinski definition) is 2. The molecule has 2 N–H and O–H groups in total. The van der Waals surface area contributed by atoms with Gasteiger partial charge in [-0.3, -0.25) is 10.1 Å². The highest BCUT2D eigenvalue weighted by Gasteiger charge is 2.12. The number of rotatable bonds is 9. The van der Waals surface area contributed by atoms with Crippen molar-refractivity contribution >= 4 is 22.7 Å². The minimum Gasteiger partial charge on any atom is -0.489 e. The maximum absolute atomic E-state index is 10.9. The molecule has 0 fully saturated rings. The first-order valence-corrected chi connectivity index (χ1v) is 7.91. The van der Waals surface area contributed by atoms with E-state index < -0.39 is 4.92 Å². The van der Waals surface area contributed by atoms with Crippen LogP contribution in [0.4, 0.5) is 22.7 Å². The second-order valence-electron chi connectivity index (χ2n) is 5.34. The van der Waals surface area contributed by atoms with Crippen molar-refractivity contribution in [3.05, 3.63) is 52.6 Å². The highest BCUT2D eigenvalue weighted by Crippen LogP contribution is 2.33. The standard InChI is InChI=1S/C17H20N4O5/c1-20(8-9-22)14-4-2-13(3-5-14)18-19-16-7-6-15(21(24)25)12-17(16)26-11-10-23/h2-7,12,22-23H,8-11H2,1H3. The molecule has 0 radical (unpaired) electrons. The molecule has 0 unspecified atom stereocenters. The highest BCUT2D eigenvalue weighted by molar-refractivity contribution is 5.57. The SMILES string of the molecule is CN(CCO)c1ccc(N=Nc2ccc([N+](=O)[O-])cc2OCCO)cc1. The van der Waals surface area contributed by atoms with E-state index >= 15 is 0 Å². The van der Waals surface area contributed by atoms with Crippen molar-refractivity contribution in [2.45, 2.75) is 0 Å². The van der Waals surface area contributed by atoms with Crippen molar-refractivity contribution in [1.29, 1.82) is 0 Å². The second kappa shape index (κ2) is 9.44. The summed E-state index contributed by atoms with van der Waals surface area (Å²) in [7, 11) is 1.87. The molecular weight excluding hydrogens is 340 g/mol. The Morgan fingerprint density at radius 2 is 1.85 bits per heavy atom. The van der Waals surface area contributed by atoms with E-state index in [2.05, 4.69) is 10.2 Å². The lowest BCUT2D eigenvalue weighted by Crippen LogP contribution is -2.20. The van der Waals surface area contributed by atoms with Crippen LogP contribution in [-0.2, 0) is 0 Å². The molecule has 0 bridgehead atoms. The molecule has 2 rings (SSSR count). The second-order valence-corrected chi connectivity index (χ2v) is 5.34. The first-order chi connectivity index (χ1) is 12.5. The third-order valence-electron chi connectivity index (χ3n) is 3.50. The van der Waals surface area contributed by atoms with Gasteiger partial charge in [0.25, 0.3) is 5.69 Å². The fourth-order valence-electron chi connectivity index (χ4n) is 2.13. The Balaban J connectivity index is 2.19. The van der Waals surface area contributed by atoms with Gasteiger partial charge in [-0.2, -0.15) is 5.11 Å². The molecule has 26 heavy (non-hydrogen) atoms. The van der Waals surface area contributed by atoms with Crippen LogP contribution >= 0.6 is 0 Å². The third kappa shape index (κ3) is 5.23. The van der Waals surface area contributed by atoms with Crippen molar-refractivity contribution < 1.29 is 19.9 Å². The van der Waals surface area contributed by atoms with Gasteiger partial charge in [0.2, 0.25) is 0 Å². The van der Waals surface area contributed by atoms with Gasteiger partial charge in [0, 0.05) is 25.3 Å². The van der Waals surface area contributed by atoms with Gasteiger partial charge in [0.1, 0.15) is 12.3 Å². The van der Waals surface area contributed by atoms with E-state index in [4.69, 9.17) is 14.9 Å². The Hall–Kier alpha value is -3.04. The van der Waals surface area contributed by atoms with E-state index in [0.717, 1.165) is 5.69 Å². The molecule has 0 saturated heterocycles. The van der Waals surface area contributed by atoms with E-state index in [1.165, 1.54) is 18.2 Å². The number of nitro benzene ring substituents is 1. The molecule has 0 heterocycles. The molecule has 0 aliphatic heterocycles. The maximum atomic E-state index is 10.9. The average molecular weight is 360 g/mol. The molecule has 0 spiro atoms. The Kier molecular flexibility index (Phi) is 7.01. The van der Waals surface area contributed by atoms with Gasteiger partial charge in [0.15, 0.2) is 5.75 Å². The molecule has 2 aromatic carbocycles. The van der Waals surface area contributed by atoms with Crippen LogP contribution < -0.4 is 9.64 Å².